The van der Waals surface area contributed by atoms with Gasteiger partial charge in [0.05, 0.1) is 7.11 Å². The van der Waals surface area contributed by atoms with E-state index in [-0.39, 0.29) is 5.75 Å². The predicted octanol–water partition coefficient (Wildman–Crippen LogP) is 2.17. The van der Waals surface area contributed by atoms with Crippen LogP contribution in [0.4, 0.5) is 9.18 Å². The second-order valence-electron chi connectivity index (χ2n) is 4.83. The lowest BCUT2D eigenvalue weighted by molar-refractivity contribution is 0.201. The molecular formula is C15H18FN3O4S. The fourth-order valence-corrected chi connectivity index (χ4v) is 3.60. The third-order valence-corrected chi connectivity index (χ3v) is 5.19. The molecule has 0 aliphatic carbocycles. The zero-order valence-corrected chi connectivity index (χ0v) is 14.4. The number of hydrogen-bond acceptors (Lipinski definition) is 5. The van der Waals surface area contributed by atoms with Gasteiger partial charge in [0.15, 0.2) is 9.92 Å². The van der Waals surface area contributed by atoms with Gasteiger partial charge in [0.1, 0.15) is 11.6 Å². The lowest BCUT2D eigenvalue weighted by Gasteiger charge is -2.17. The van der Waals surface area contributed by atoms with Gasteiger partial charge in [-0.1, -0.05) is 6.07 Å². The Balaban J connectivity index is 2.48. The number of rotatable bonds is 5. The zero-order valence-electron chi connectivity index (χ0n) is 13.6. The molecule has 1 aromatic heterocycles. The second kappa shape index (κ2) is 7.00. The fourth-order valence-electron chi connectivity index (χ4n) is 2.21. The summed E-state index contributed by atoms with van der Waals surface area (Å²) in [6.45, 7) is 4.51. The molecule has 1 heterocycles. The van der Waals surface area contributed by atoms with Crippen molar-refractivity contribution in [3.8, 4) is 5.75 Å². The van der Waals surface area contributed by atoms with Crippen molar-refractivity contribution in [1.82, 2.24) is 14.7 Å². The Kier molecular flexibility index (Phi) is 5.23. The SMILES string of the molecule is CCN(CC)C(=O)n1ccc(S(=O)(=O)c2c(F)cccc2OC)n1. The van der Waals surface area contributed by atoms with Gasteiger partial charge < -0.3 is 9.64 Å². The lowest BCUT2D eigenvalue weighted by Crippen LogP contribution is -2.34. The first-order chi connectivity index (χ1) is 11.4. The molecule has 1 aromatic carbocycles. The highest BCUT2D eigenvalue weighted by molar-refractivity contribution is 7.91. The molecule has 130 valence electrons. The number of hydrogen-bond donors (Lipinski definition) is 0. The summed E-state index contributed by atoms with van der Waals surface area (Å²) in [5.74, 6) is -1.07. The molecule has 0 saturated heterocycles. The molecular weight excluding hydrogens is 337 g/mol. The summed E-state index contributed by atoms with van der Waals surface area (Å²) in [6.07, 6.45) is 1.24. The van der Waals surface area contributed by atoms with Crippen molar-refractivity contribution in [2.45, 2.75) is 23.8 Å². The first-order valence-electron chi connectivity index (χ1n) is 7.29. The van der Waals surface area contributed by atoms with Crippen LogP contribution >= 0.6 is 0 Å². The molecule has 2 rings (SSSR count). The van der Waals surface area contributed by atoms with Gasteiger partial charge in [-0.25, -0.2) is 17.6 Å². The summed E-state index contributed by atoms with van der Waals surface area (Å²) >= 11 is 0. The summed E-state index contributed by atoms with van der Waals surface area (Å²) in [7, 11) is -3.02. The maximum atomic E-state index is 14.1. The Labute approximate surface area is 139 Å². The van der Waals surface area contributed by atoms with Crippen molar-refractivity contribution in [3.63, 3.8) is 0 Å². The van der Waals surface area contributed by atoms with Gasteiger partial charge in [-0.3, -0.25) is 0 Å². The average Bonchev–Trinajstić information content (AvgIpc) is 3.06. The van der Waals surface area contributed by atoms with Crippen LogP contribution < -0.4 is 4.74 Å². The Bertz CT molecular complexity index is 844. The van der Waals surface area contributed by atoms with Crippen molar-refractivity contribution in [2.24, 2.45) is 0 Å². The lowest BCUT2D eigenvalue weighted by atomic mass is 10.3. The summed E-state index contributed by atoms with van der Waals surface area (Å²) in [5.41, 5.74) is 0. The quantitative estimate of drug-likeness (QED) is 0.821. The number of benzene rings is 1. The van der Waals surface area contributed by atoms with E-state index in [0.717, 1.165) is 16.8 Å². The number of amides is 1. The van der Waals surface area contributed by atoms with Crippen LogP contribution in [0.2, 0.25) is 0 Å². The molecule has 0 aliphatic heterocycles. The monoisotopic (exact) mass is 355 g/mol. The van der Waals surface area contributed by atoms with Crippen molar-refractivity contribution in [3.05, 3.63) is 36.3 Å². The molecule has 0 unspecified atom stereocenters. The second-order valence-corrected chi connectivity index (χ2v) is 6.66. The maximum Gasteiger partial charge on any atom is 0.344 e. The van der Waals surface area contributed by atoms with E-state index in [1.54, 1.807) is 13.8 Å². The summed E-state index contributed by atoms with van der Waals surface area (Å²) in [5, 5.41) is 3.38. The first-order valence-corrected chi connectivity index (χ1v) is 8.77. The molecule has 0 spiro atoms. The van der Waals surface area contributed by atoms with Crippen LogP contribution in [-0.4, -0.2) is 49.3 Å². The van der Waals surface area contributed by atoms with E-state index in [0.29, 0.717) is 13.1 Å². The highest BCUT2D eigenvalue weighted by atomic mass is 32.2. The number of aromatic nitrogens is 2. The molecule has 0 aliphatic rings. The fraction of sp³-hybridized carbons (Fsp3) is 0.333. The van der Waals surface area contributed by atoms with Crippen LogP contribution in [0.25, 0.3) is 0 Å². The van der Waals surface area contributed by atoms with Gasteiger partial charge in [0, 0.05) is 19.3 Å². The molecule has 24 heavy (non-hydrogen) atoms. The predicted molar refractivity (Wildman–Crippen MR) is 84.3 cm³/mol. The van der Waals surface area contributed by atoms with Crippen molar-refractivity contribution < 1.29 is 22.3 Å². The third kappa shape index (κ3) is 3.12. The maximum absolute atomic E-state index is 14.1. The van der Waals surface area contributed by atoms with E-state index in [4.69, 9.17) is 4.74 Å². The molecule has 0 saturated carbocycles. The van der Waals surface area contributed by atoms with Crippen molar-refractivity contribution in [2.75, 3.05) is 20.2 Å². The number of methoxy groups -OCH3 is 1. The topological polar surface area (TPSA) is 81.5 Å². The van der Waals surface area contributed by atoms with Crippen LogP contribution in [0, 0.1) is 5.82 Å². The number of carbonyl (C=O) groups is 1. The van der Waals surface area contributed by atoms with Crippen LogP contribution in [0.15, 0.2) is 40.4 Å². The number of nitrogens with zero attached hydrogens (tertiary/aromatic N) is 3. The molecule has 1 amide bonds. The van der Waals surface area contributed by atoms with Gasteiger partial charge in [-0.2, -0.15) is 9.78 Å². The standard InChI is InChI=1S/C15H18FN3O4S/c1-4-18(5-2)15(20)19-10-9-13(17-19)24(21,22)14-11(16)7-6-8-12(14)23-3/h6-10H,4-5H2,1-3H3. The largest absolute Gasteiger partial charge is 0.495 e. The smallest absolute Gasteiger partial charge is 0.344 e. The Morgan fingerprint density at radius 1 is 1.29 bits per heavy atom. The minimum Gasteiger partial charge on any atom is -0.495 e. The minimum absolute atomic E-state index is 0.125. The Morgan fingerprint density at radius 3 is 2.54 bits per heavy atom. The van der Waals surface area contributed by atoms with Crippen LogP contribution in [0.5, 0.6) is 5.75 Å². The van der Waals surface area contributed by atoms with E-state index in [1.165, 1.54) is 30.3 Å². The van der Waals surface area contributed by atoms with Crippen LogP contribution in [0.1, 0.15) is 13.8 Å². The van der Waals surface area contributed by atoms with Gasteiger partial charge in [0.2, 0.25) is 9.84 Å². The zero-order chi connectivity index (χ0) is 17.9. The summed E-state index contributed by atoms with van der Waals surface area (Å²) in [6, 6.07) is 4.40. The Morgan fingerprint density at radius 2 is 1.96 bits per heavy atom. The molecule has 0 bridgehead atoms. The Hall–Kier alpha value is -2.42. The molecule has 0 N–H and O–H groups in total. The normalized spacial score (nSPS) is 11.3. The molecule has 0 fully saturated rings. The number of ether oxygens (including phenoxy) is 1. The van der Waals surface area contributed by atoms with Gasteiger partial charge in [0.25, 0.3) is 0 Å². The number of sulfone groups is 1. The molecule has 9 heteroatoms. The van der Waals surface area contributed by atoms with E-state index in [1.807, 2.05) is 0 Å². The van der Waals surface area contributed by atoms with Gasteiger partial charge in [-0.15, -0.1) is 0 Å². The van der Waals surface area contributed by atoms with Crippen molar-refractivity contribution in [1.29, 1.82) is 0 Å². The molecule has 0 atom stereocenters. The number of halogens is 1. The molecule has 7 nitrogen and oxygen atoms in total. The minimum atomic E-state index is -4.27. The van der Waals surface area contributed by atoms with E-state index < -0.39 is 31.6 Å². The van der Waals surface area contributed by atoms with Crippen molar-refractivity contribution >= 4 is 15.9 Å². The third-order valence-electron chi connectivity index (χ3n) is 3.49. The number of carbonyl (C=O) groups excluding carboxylic acids is 1. The van der Waals surface area contributed by atoms with E-state index in [9.17, 15) is 17.6 Å². The molecule has 0 radical (unpaired) electrons. The van der Waals surface area contributed by atoms with Gasteiger partial charge >= 0.3 is 6.03 Å². The van der Waals surface area contributed by atoms with Gasteiger partial charge in [-0.05, 0) is 32.0 Å². The van der Waals surface area contributed by atoms with Crippen LogP contribution in [-0.2, 0) is 9.84 Å². The highest BCUT2D eigenvalue weighted by Crippen LogP contribution is 2.30. The van der Waals surface area contributed by atoms with Crippen LogP contribution in [0.3, 0.4) is 0 Å². The average molecular weight is 355 g/mol. The first kappa shape index (κ1) is 17.9. The highest BCUT2D eigenvalue weighted by Gasteiger charge is 2.29. The molecule has 2 aromatic rings. The summed E-state index contributed by atoms with van der Waals surface area (Å²) in [4.78, 5) is 13.1. The summed E-state index contributed by atoms with van der Waals surface area (Å²) < 4.78 is 45.2. The van der Waals surface area contributed by atoms with E-state index >= 15 is 0 Å². The van der Waals surface area contributed by atoms with E-state index in [2.05, 4.69) is 5.10 Å².